The Kier molecular flexibility index (Phi) is 3.60. The molecule has 0 fully saturated rings. The van der Waals surface area contributed by atoms with Crippen LogP contribution in [0.5, 0.6) is 17.2 Å². The Bertz CT molecular complexity index is 383. The number of benzene rings is 1. The van der Waals surface area contributed by atoms with E-state index in [9.17, 15) is 5.11 Å². The molecule has 1 aromatic carbocycles. The normalized spacial score (nSPS) is 12.4. The lowest BCUT2D eigenvalue weighted by atomic mass is 10.1. The largest absolute Gasteiger partial charge is 0.504 e. The molecule has 3 nitrogen and oxygen atoms in total. The quantitative estimate of drug-likeness (QED) is 0.852. The van der Waals surface area contributed by atoms with Crippen LogP contribution in [-0.2, 0) is 0 Å². The first-order valence-electron chi connectivity index (χ1n) is 5.78. The van der Waals surface area contributed by atoms with Gasteiger partial charge in [0.15, 0.2) is 11.5 Å². The Morgan fingerprint density at radius 1 is 0.882 bits per heavy atom. The Morgan fingerprint density at radius 2 is 1.41 bits per heavy atom. The molecular weight excluding hydrogens is 216 g/mol. The van der Waals surface area contributed by atoms with E-state index in [2.05, 4.69) is 0 Å². The molecule has 0 aliphatic rings. The average molecular weight is 238 g/mol. The van der Waals surface area contributed by atoms with Crippen molar-refractivity contribution in [3.63, 3.8) is 0 Å². The van der Waals surface area contributed by atoms with Gasteiger partial charge in [-0.1, -0.05) is 6.07 Å². The lowest BCUT2D eigenvalue weighted by Crippen LogP contribution is -2.26. The fraction of sp³-hybridized carbons (Fsp3) is 0.571. The SMILES string of the molecule is CC(C)(C)Oc1cccc(O)c1OC(C)(C)C. The summed E-state index contributed by atoms with van der Waals surface area (Å²) in [6.45, 7) is 11.7. The molecule has 0 amide bonds. The van der Waals surface area contributed by atoms with E-state index >= 15 is 0 Å². The molecule has 0 atom stereocenters. The predicted octanol–water partition coefficient (Wildman–Crippen LogP) is 3.75. The predicted molar refractivity (Wildman–Crippen MR) is 68.9 cm³/mol. The third-order valence-corrected chi connectivity index (χ3v) is 1.78. The van der Waals surface area contributed by atoms with E-state index in [0.29, 0.717) is 11.5 Å². The van der Waals surface area contributed by atoms with Crippen LogP contribution in [0.3, 0.4) is 0 Å². The van der Waals surface area contributed by atoms with Crippen LogP contribution in [0.2, 0.25) is 0 Å². The van der Waals surface area contributed by atoms with Gasteiger partial charge in [-0.25, -0.2) is 0 Å². The molecule has 1 aromatic rings. The maximum atomic E-state index is 9.85. The molecule has 0 saturated heterocycles. The molecule has 0 spiro atoms. The Balaban J connectivity index is 3.09. The molecule has 0 aliphatic heterocycles. The summed E-state index contributed by atoms with van der Waals surface area (Å²) in [5.41, 5.74) is -0.710. The summed E-state index contributed by atoms with van der Waals surface area (Å²) in [5.74, 6) is 1.06. The highest BCUT2D eigenvalue weighted by atomic mass is 16.5. The van der Waals surface area contributed by atoms with Gasteiger partial charge in [0.25, 0.3) is 0 Å². The van der Waals surface area contributed by atoms with Crippen molar-refractivity contribution in [2.45, 2.75) is 52.7 Å². The highest BCUT2D eigenvalue weighted by Gasteiger charge is 2.21. The zero-order chi connectivity index (χ0) is 13.3. The summed E-state index contributed by atoms with van der Waals surface area (Å²) >= 11 is 0. The molecule has 96 valence electrons. The van der Waals surface area contributed by atoms with Crippen molar-refractivity contribution in [2.24, 2.45) is 0 Å². The number of hydrogen-bond donors (Lipinski definition) is 1. The van der Waals surface area contributed by atoms with Gasteiger partial charge < -0.3 is 14.6 Å². The van der Waals surface area contributed by atoms with Gasteiger partial charge >= 0.3 is 0 Å². The first-order valence-corrected chi connectivity index (χ1v) is 5.78. The summed E-state index contributed by atoms with van der Waals surface area (Å²) in [6.07, 6.45) is 0. The minimum absolute atomic E-state index is 0.0988. The molecule has 0 bridgehead atoms. The number of aromatic hydroxyl groups is 1. The minimum atomic E-state index is -0.380. The van der Waals surface area contributed by atoms with Gasteiger partial charge in [0.05, 0.1) is 0 Å². The lowest BCUT2D eigenvalue weighted by molar-refractivity contribution is 0.0925. The van der Waals surface area contributed by atoms with Crippen molar-refractivity contribution in [3.05, 3.63) is 18.2 Å². The number of phenolic OH excluding ortho intramolecular Hbond substituents is 1. The highest BCUT2D eigenvalue weighted by Crippen LogP contribution is 2.39. The first-order chi connectivity index (χ1) is 7.58. The number of rotatable bonds is 2. The zero-order valence-electron chi connectivity index (χ0n) is 11.5. The van der Waals surface area contributed by atoms with E-state index in [0.717, 1.165) is 0 Å². The molecule has 0 unspecified atom stereocenters. The molecule has 0 aliphatic carbocycles. The zero-order valence-corrected chi connectivity index (χ0v) is 11.5. The molecule has 0 heterocycles. The second-order valence-electron chi connectivity index (χ2n) is 6.03. The van der Waals surface area contributed by atoms with E-state index in [1.54, 1.807) is 18.2 Å². The van der Waals surface area contributed by atoms with Crippen LogP contribution in [0, 0.1) is 0 Å². The van der Waals surface area contributed by atoms with E-state index in [1.807, 2.05) is 41.5 Å². The minimum Gasteiger partial charge on any atom is -0.504 e. The van der Waals surface area contributed by atoms with Gasteiger partial charge in [-0.15, -0.1) is 0 Å². The third kappa shape index (κ3) is 4.55. The van der Waals surface area contributed by atoms with Crippen molar-refractivity contribution in [2.75, 3.05) is 0 Å². The first kappa shape index (κ1) is 13.7. The van der Waals surface area contributed by atoms with E-state index < -0.39 is 0 Å². The number of ether oxygens (including phenoxy) is 2. The van der Waals surface area contributed by atoms with Gasteiger partial charge in [0.1, 0.15) is 11.2 Å². The molecule has 0 aromatic heterocycles. The third-order valence-electron chi connectivity index (χ3n) is 1.78. The second kappa shape index (κ2) is 4.47. The summed E-state index contributed by atoms with van der Waals surface area (Å²) in [7, 11) is 0. The van der Waals surface area contributed by atoms with Gasteiger partial charge in [-0.2, -0.15) is 0 Å². The van der Waals surface area contributed by atoms with Crippen LogP contribution >= 0.6 is 0 Å². The van der Waals surface area contributed by atoms with Crippen molar-refractivity contribution in [3.8, 4) is 17.2 Å². The summed E-state index contributed by atoms with van der Waals surface area (Å²) in [4.78, 5) is 0. The molecule has 0 saturated carbocycles. The topological polar surface area (TPSA) is 38.7 Å². The van der Waals surface area contributed by atoms with Crippen molar-refractivity contribution < 1.29 is 14.6 Å². The number of hydrogen-bond acceptors (Lipinski definition) is 3. The van der Waals surface area contributed by atoms with Gasteiger partial charge in [-0.05, 0) is 53.7 Å². The Hall–Kier alpha value is -1.38. The van der Waals surface area contributed by atoms with Crippen LogP contribution in [0.25, 0.3) is 0 Å². The van der Waals surface area contributed by atoms with Crippen LogP contribution in [0.15, 0.2) is 18.2 Å². The van der Waals surface area contributed by atoms with Crippen molar-refractivity contribution in [1.82, 2.24) is 0 Å². The molecule has 1 rings (SSSR count). The molecule has 0 radical (unpaired) electrons. The van der Waals surface area contributed by atoms with E-state index in [1.165, 1.54) is 0 Å². The van der Waals surface area contributed by atoms with Crippen LogP contribution in [-0.4, -0.2) is 16.3 Å². The summed E-state index contributed by atoms with van der Waals surface area (Å²) in [5, 5.41) is 9.85. The number of phenols is 1. The van der Waals surface area contributed by atoms with Gasteiger partial charge in [0, 0.05) is 0 Å². The smallest absolute Gasteiger partial charge is 0.203 e. The number of para-hydroxylation sites is 1. The second-order valence-corrected chi connectivity index (χ2v) is 6.03. The highest BCUT2D eigenvalue weighted by molar-refractivity contribution is 5.50. The molecule has 17 heavy (non-hydrogen) atoms. The van der Waals surface area contributed by atoms with E-state index in [-0.39, 0.29) is 17.0 Å². The fourth-order valence-electron chi connectivity index (χ4n) is 1.32. The molecule has 3 heteroatoms. The van der Waals surface area contributed by atoms with Gasteiger partial charge in [-0.3, -0.25) is 0 Å². The summed E-state index contributed by atoms with van der Waals surface area (Å²) < 4.78 is 11.5. The van der Waals surface area contributed by atoms with Gasteiger partial charge in [0.2, 0.25) is 5.75 Å². The maximum absolute atomic E-state index is 9.85. The fourth-order valence-corrected chi connectivity index (χ4v) is 1.32. The Morgan fingerprint density at radius 3 is 1.88 bits per heavy atom. The van der Waals surface area contributed by atoms with Crippen LogP contribution < -0.4 is 9.47 Å². The standard InChI is InChI=1S/C14H22O3/c1-13(2,3)16-11-9-7-8-10(15)12(11)17-14(4,5)6/h7-9,15H,1-6H3. The van der Waals surface area contributed by atoms with Crippen molar-refractivity contribution >= 4 is 0 Å². The lowest BCUT2D eigenvalue weighted by Gasteiger charge is -2.27. The van der Waals surface area contributed by atoms with E-state index in [4.69, 9.17) is 9.47 Å². The average Bonchev–Trinajstić information content (AvgIpc) is 2.07. The van der Waals surface area contributed by atoms with Crippen LogP contribution in [0.4, 0.5) is 0 Å². The molecule has 1 N–H and O–H groups in total. The van der Waals surface area contributed by atoms with Crippen molar-refractivity contribution in [1.29, 1.82) is 0 Å². The Labute approximate surface area is 103 Å². The maximum Gasteiger partial charge on any atom is 0.203 e. The molecular formula is C14H22O3. The van der Waals surface area contributed by atoms with Crippen LogP contribution in [0.1, 0.15) is 41.5 Å². The summed E-state index contributed by atoms with van der Waals surface area (Å²) in [6, 6.07) is 5.13. The monoisotopic (exact) mass is 238 g/mol.